The number of allylic oxidation sites excluding steroid dienone is 4. The third-order valence-corrected chi connectivity index (χ3v) is 12.2. The maximum absolute atomic E-state index is 2.44. The summed E-state index contributed by atoms with van der Waals surface area (Å²) < 4.78 is 0. The smallest absolute Gasteiger partial charge is 0.0462 e. The van der Waals surface area contributed by atoms with Gasteiger partial charge in [0.1, 0.15) is 0 Å². The van der Waals surface area contributed by atoms with Crippen molar-refractivity contribution in [3.05, 3.63) is 266 Å². The van der Waals surface area contributed by atoms with Crippen molar-refractivity contribution in [1.82, 2.24) is 0 Å². The minimum absolute atomic E-state index is 0.273. The molecule has 0 bridgehead atoms. The quantitative estimate of drug-likeness (QED) is 0.128. The molecule has 2 heteroatoms. The first-order valence-corrected chi connectivity index (χ1v) is 21.9. The highest BCUT2D eigenvalue weighted by molar-refractivity contribution is 5.82. The molecule has 0 fully saturated rings. The summed E-state index contributed by atoms with van der Waals surface area (Å²) in [6.45, 7) is 2.36. The summed E-state index contributed by atoms with van der Waals surface area (Å²) in [6.07, 6.45) is 5.59. The number of hydrogen-bond acceptors (Lipinski definition) is 2. The lowest BCUT2D eigenvalue weighted by Crippen LogP contribution is -2.23. The average Bonchev–Trinajstić information content (AvgIpc) is 3.37. The molecule has 0 aliphatic heterocycles. The Morgan fingerprint density at radius 1 is 0.270 bits per heavy atom. The molecule has 0 radical (unpaired) electrons. The van der Waals surface area contributed by atoms with Crippen LogP contribution < -0.4 is 9.80 Å². The fourth-order valence-corrected chi connectivity index (χ4v) is 8.81. The monoisotopic (exact) mass is 808 g/mol. The van der Waals surface area contributed by atoms with Crippen molar-refractivity contribution in [2.24, 2.45) is 5.92 Å². The molecule has 0 N–H and O–H groups in total. The summed E-state index contributed by atoms with van der Waals surface area (Å²) in [5.74, 6) is 0.273. The number of anilines is 5. The molecule has 2 nitrogen and oxygen atoms in total. The Bertz CT molecular complexity index is 2790. The van der Waals surface area contributed by atoms with Crippen molar-refractivity contribution < 1.29 is 0 Å². The van der Waals surface area contributed by atoms with E-state index < -0.39 is 0 Å². The van der Waals surface area contributed by atoms with Gasteiger partial charge in [0.25, 0.3) is 0 Å². The minimum atomic E-state index is 0.273. The van der Waals surface area contributed by atoms with Gasteiger partial charge >= 0.3 is 0 Å². The standard InChI is InChI=1S/C61H48N2/c1-45-44-55(32-43-61(45)63(59-39-26-52(27-40-59)48-18-10-4-11-19-48)60-41-28-53(29-42-60)49-20-12-5-13-21-49)54-30-37-58(38-31-54)62(56-33-22-50(23-34-56)46-14-6-2-7-15-46)57-35-24-51(25-36-57)47-16-8-3-9-17-47/h2-43,45H,44H2,1H3. The van der Waals surface area contributed by atoms with E-state index in [0.717, 1.165) is 34.9 Å². The number of hydrogen-bond donors (Lipinski definition) is 0. The third-order valence-electron chi connectivity index (χ3n) is 12.2. The SMILES string of the molecule is CC1CC(c2ccc(N(c3ccc(-c4ccccc4)cc3)c3ccc(-c4ccccc4)cc3)cc2)=CC=C1N(c1ccc(-c2ccccc2)cc1)c1ccc(-c2ccccc2)cc1. The van der Waals surface area contributed by atoms with Gasteiger partial charge in [-0.05, 0) is 129 Å². The fourth-order valence-electron chi connectivity index (χ4n) is 8.81. The van der Waals surface area contributed by atoms with E-state index in [4.69, 9.17) is 0 Å². The zero-order valence-corrected chi connectivity index (χ0v) is 35.4. The first kappa shape index (κ1) is 39.2. The summed E-state index contributed by atoms with van der Waals surface area (Å²) in [4.78, 5) is 4.79. The zero-order valence-electron chi connectivity index (χ0n) is 35.4. The molecule has 0 spiro atoms. The second kappa shape index (κ2) is 18.0. The van der Waals surface area contributed by atoms with Gasteiger partial charge < -0.3 is 9.80 Å². The molecule has 0 saturated heterocycles. The predicted octanol–water partition coefficient (Wildman–Crippen LogP) is 17.0. The van der Waals surface area contributed by atoms with Crippen molar-refractivity contribution in [3.8, 4) is 44.5 Å². The van der Waals surface area contributed by atoms with Crippen molar-refractivity contribution in [3.63, 3.8) is 0 Å². The van der Waals surface area contributed by atoms with E-state index >= 15 is 0 Å². The van der Waals surface area contributed by atoms with E-state index in [1.165, 1.54) is 61.3 Å². The fraction of sp³-hybridized carbons (Fsp3) is 0.0492. The van der Waals surface area contributed by atoms with Crippen LogP contribution in [0, 0.1) is 5.92 Å². The van der Waals surface area contributed by atoms with Crippen LogP contribution in [0.25, 0.3) is 50.1 Å². The molecule has 1 aliphatic carbocycles. The van der Waals surface area contributed by atoms with E-state index in [-0.39, 0.29) is 5.92 Å². The van der Waals surface area contributed by atoms with E-state index in [1.54, 1.807) is 0 Å². The Morgan fingerprint density at radius 2 is 0.524 bits per heavy atom. The van der Waals surface area contributed by atoms with Crippen molar-refractivity contribution in [2.75, 3.05) is 9.80 Å². The van der Waals surface area contributed by atoms with E-state index in [2.05, 4.69) is 272 Å². The first-order valence-electron chi connectivity index (χ1n) is 21.9. The molecule has 0 saturated carbocycles. The van der Waals surface area contributed by atoms with Gasteiger partial charge in [-0.15, -0.1) is 0 Å². The molecular formula is C61H48N2. The van der Waals surface area contributed by atoms with E-state index in [1.807, 2.05) is 0 Å². The predicted molar refractivity (Wildman–Crippen MR) is 268 cm³/mol. The molecule has 0 amide bonds. The molecule has 302 valence electrons. The molecule has 0 aromatic heterocycles. The first-order chi connectivity index (χ1) is 31.1. The van der Waals surface area contributed by atoms with Gasteiger partial charge in [0.15, 0.2) is 0 Å². The van der Waals surface area contributed by atoms with Crippen molar-refractivity contribution >= 4 is 34.0 Å². The average molecular weight is 809 g/mol. The molecule has 9 aromatic carbocycles. The molecular weight excluding hydrogens is 761 g/mol. The van der Waals surface area contributed by atoms with Crippen LogP contribution in [0.3, 0.4) is 0 Å². The Morgan fingerprint density at radius 3 is 0.810 bits per heavy atom. The van der Waals surface area contributed by atoms with Gasteiger partial charge in [0.05, 0.1) is 0 Å². The van der Waals surface area contributed by atoms with Gasteiger partial charge in [-0.2, -0.15) is 0 Å². The topological polar surface area (TPSA) is 6.48 Å². The summed E-state index contributed by atoms with van der Waals surface area (Å²) in [5.41, 5.74) is 19.2. The van der Waals surface area contributed by atoms with Crippen LogP contribution in [0.5, 0.6) is 0 Å². The Kier molecular flexibility index (Phi) is 11.2. The molecule has 63 heavy (non-hydrogen) atoms. The highest BCUT2D eigenvalue weighted by atomic mass is 15.2. The maximum Gasteiger partial charge on any atom is 0.0462 e. The molecule has 0 heterocycles. The summed E-state index contributed by atoms with van der Waals surface area (Å²) in [5, 5.41) is 0. The Balaban J connectivity index is 0.970. The number of nitrogens with zero attached hydrogens (tertiary/aromatic N) is 2. The van der Waals surface area contributed by atoms with Crippen LogP contribution in [0.4, 0.5) is 28.4 Å². The Hall–Kier alpha value is -7.94. The summed E-state index contributed by atoms with van der Waals surface area (Å²) in [7, 11) is 0. The van der Waals surface area contributed by atoms with Crippen LogP contribution in [-0.2, 0) is 0 Å². The van der Waals surface area contributed by atoms with Gasteiger partial charge in [-0.25, -0.2) is 0 Å². The maximum atomic E-state index is 2.44. The lowest BCUT2D eigenvalue weighted by atomic mass is 9.87. The van der Waals surface area contributed by atoms with E-state index in [0.29, 0.717) is 0 Å². The normalized spacial score (nSPS) is 13.4. The molecule has 1 aliphatic rings. The second-order valence-corrected chi connectivity index (χ2v) is 16.3. The van der Waals surface area contributed by atoms with Crippen LogP contribution >= 0.6 is 0 Å². The second-order valence-electron chi connectivity index (χ2n) is 16.3. The molecule has 9 aromatic rings. The minimum Gasteiger partial charge on any atom is -0.314 e. The summed E-state index contributed by atoms with van der Waals surface area (Å²) in [6, 6.07) is 87.3. The van der Waals surface area contributed by atoms with Crippen molar-refractivity contribution in [2.45, 2.75) is 13.3 Å². The van der Waals surface area contributed by atoms with Gasteiger partial charge in [0.2, 0.25) is 0 Å². The van der Waals surface area contributed by atoms with Gasteiger partial charge in [-0.1, -0.05) is 195 Å². The molecule has 1 unspecified atom stereocenters. The highest BCUT2D eigenvalue weighted by Crippen LogP contribution is 2.42. The molecule has 10 rings (SSSR count). The zero-order chi connectivity index (χ0) is 42.4. The van der Waals surface area contributed by atoms with Crippen LogP contribution in [0.2, 0.25) is 0 Å². The van der Waals surface area contributed by atoms with Crippen LogP contribution in [0.1, 0.15) is 18.9 Å². The molecule has 1 atom stereocenters. The Labute approximate surface area is 372 Å². The van der Waals surface area contributed by atoms with Gasteiger partial charge in [-0.3, -0.25) is 0 Å². The lowest BCUT2D eigenvalue weighted by molar-refractivity contribution is 0.680. The lowest BCUT2D eigenvalue weighted by Gasteiger charge is -2.34. The number of benzene rings is 9. The third kappa shape index (κ3) is 8.53. The number of rotatable bonds is 11. The van der Waals surface area contributed by atoms with Gasteiger partial charge in [0, 0.05) is 40.1 Å². The summed E-state index contributed by atoms with van der Waals surface area (Å²) >= 11 is 0. The largest absolute Gasteiger partial charge is 0.314 e. The van der Waals surface area contributed by atoms with Crippen molar-refractivity contribution in [1.29, 1.82) is 0 Å². The van der Waals surface area contributed by atoms with Crippen LogP contribution in [0.15, 0.2) is 261 Å². The highest BCUT2D eigenvalue weighted by Gasteiger charge is 2.24. The van der Waals surface area contributed by atoms with E-state index in [9.17, 15) is 0 Å². The van der Waals surface area contributed by atoms with Crippen LogP contribution in [-0.4, -0.2) is 0 Å².